The third-order valence-electron chi connectivity index (χ3n) is 2.10. The second-order valence-corrected chi connectivity index (χ2v) is 4.40. The first-order chi connectivity index (χ1) is 7.17. The molecule has 2 N–H and O–H groups in total. The van der Waals surface area contributed by atoms with Crippen molar-refractivity contribution in [2.75, 3.05) is 11.6 Å². The van der Waals surface area contributed by atoms with Gasteiger partial charge < -0.3 is 10.4 Å². The number of nitrogens with one attached hydrogen (secondary N) is 1. The molecule has 1 atom stereocenters. The predicted octanol–water partition coefficient (Wildman–Crippen LogP) is 1.87. The summed E-state index contributed by atoms with van der Waals surface area (Å²) in [6.45, 7) is 1.84. The summed E-state index contributed by atoms with van der Waals surface area (Å²) in [6, 6.07) is 7.20. The number of aliphatic hydroxyl groups excluding tert-OH is 1. The van der Waals surface area contributed by atoms with Crippen molar-refractivity contribution in [1.29, 1.82) is 0 Å². The van der Waals surface area contributed by atoms with Crippen LogP contribution in [0.2, 0.25) is 0 Å². The normalized spacial score (nSPS) is 12.2. The fourth-order valence-electron chi connectivity index (χ4n) is 1.10. The maximum Gasteiger partial charge on any atom is 0.237 e. The van der Waals surface area contributed by atoms with E-state index in [0.717, 1.165) is 11.3 Å². The molecule has 0 saturated carbocycles. The molecule has 0 fully saturated rings. The molecule has 0 heterocycles. The van der Waals surface area contributed by atoms with E-state index < -0.39 is 0 Å². The standard InChI is InChI=1S/C11H15NO2S/c1-8(15-2)11(14)12-10-5-3-4-9(6-10)7-13/h3-6,8,13H,7H2,1-2H3,(H,12,14). The molecule has 0 saturated heterocycles. The zero-order chi connectivity index (χ0) is 11.3. The molecule has 0 radical (unpaired) electrons. The molecule has 0 aromatic heterocycles. The van der Waals surface area contributed by atoms with Gasteiger partial charge in [-0.3, -0.25) is 4.79 Å². The van der Waals surface area contributed by atoms with Crippen LogP contribution >= 0.6 is 11.8 Å². The molecule has 1 aromatic rings. The van der Waals surface area contributed by atoms with Gasteiger partial charge in [-0.2, -0.15) is 11.8 Å². The highest BCUT2D eigenvalue weighted by Gasteiger charge is 2.10. The first-order valence-corrected chi connectivity index (χ1v) is 5.99. The van der Waals surface area contributed by atoms with Crippen LogP contribution in [0.1, 0.15) is 12.5 Å². The lowest BCUT2D eigenvalue weighted by atomic mass is 10.2. The van der Waals surface area contributed by atoms with Gasteiger partial charge in [-0.25, -0.2) is 0 Å². The third-order valence-corrected chi connectivity index (χ3v) is 3.02. The van der Waals surface area contributed by atoms with Crippen LogP contribution in [0, 0.1) is 0 Å². The summed E-state index contributed by atoms with van der Waals surface area (Å²) < 4.78 is 0. The fraction of sp³-hybridized carbons (Fsp3) is 0.364. The summed E-state index contributed by atoms with van der Waals surface area (Å²) in [7, 11) is 0. The number of hydrogen-bond acceptors (Lipinski definition) is 3. The highest BCUT2D eigenvalue weighted by molar-refractivity contribution is 7.99. The van der Waals surface area contributed by atoms with E-state index in [2.05, 4.69) is 5.32 Å². The monoisotopic (exact) mass is 225 g/mol. The quantitative estimate of drug-likeness (QED) is 0.822. The molecular formula is C11H15NO2S. The molecule has 0 bridgehead atoms. The molecule has 4 heteroatoms. The molecule has 0 aliphatic carbocycles. The van der Waals surface area contributed by atoms with Crippen LogP contribution in [0.3, 0.4) is 0 Å². The maximum absolute atomic E-state index is 11.5. The van der Waals surface area contributed by atoms with Crippen LogP contribution in [0.5, 0.6) is 0 Å². The Morgan fingerprint density at radius 3 is 2.93 bits per heavy atom. The topological polar surface area (TPSA) is 49.3 Å². The lowest BCUT2D eigenvalue weighted by Crippen LogP contribution is -2.22. The molecule has 0 aliphatic rings. The first-order valence-electron chi connectivity index (χ1n) is 4.71. The molecule has 1 aromatic carbocycles. The Hall–Kier alpha value is -1.00. The van der Waals surface area contributed by atoms with Crippen LogP contribution in [0.25, 0.3) is 0 Å². The molecule has 3 nitrogen and oxygen atoms in total. The molecule has 1 rings (SSSR count). The summed E-state index contributed by atoms with van der Waals surface area (Å²) in [5, 5.41) is 11.7. The summed E-state index contributed by atoms with van der Waals surface area (Å²) in [6.07, 6.45) is 1.90. The van der Waals surface area contributed by atoms with Crippen LogP contribution in [0.15, 0.2) is 24.3 Å². The number of carbonyl (C=O) groups is 1. The zero-order valence-corrected chi connectivity index (χ0v) is 9.67. The van der Waals surface area contributed by atoms with Gasteiger partial charge in [0.05, 0.1) is 11.9 Å². The van der Waals surface area contributed by atoms with Crippen molar-refractivity contribution >= 4 is 23.4 Å². The number of anilines is 1. The van der Waals surface area contributed by atoms with E-state index in [9.17, 15) is 4.79 Å². The summed E-state index contributed by atoms with van der Waals surface area (Å²) in [5.74, 6) is -0.0161. The molecule has 0 spiro atoms. The highest BCUT2D eigenvalue weighted by Crippen LogP contribution is 2.13. The van der Waals surface area contributed by atoms with E-state index in [1.807, 2.05) is 31.4 Å². The van der Waals surface area contributed by atoms with Crippen molar-refractivity contribution in [2.45, 2.75) is 18.8 Å². The zero-order valence-electron chi connectivity index (χ0n) is 8.86. The first kappa shape index (κ1) is 12.1. The van der Waals surface area contributed by atoms with Crippen LogP contribution < -0.4 is 5.32 Å². The average molecular weight is 225 g/mol. The van der Waals surface area contributed by atoms with Gasteiger partial charge in [-0.15, -0.1) is 0 Å². The lowest BCUT2D eigenvalue weighted by molar-refractivity contribution is -0.115. The SMILES string of the molecule is CSC(C)C(=O)Nc1cccc(CO)c1. The van der Waals surface area contributed by atoms with Gasteiger partial charge >= 0.3 is 0 Å². The number of aliphatic hydroxyl groups is 1. The molecule has 1 unspecified atom stereocenters. The van der Waals surface area contributed by atoms with Gasteiger partial charge in [-0.05, 0) is 30.9 Å². The Morgan fingerprint density at radius 1 is 1.60 bits per heavy atom. The Morgan fingerprint density at radius 2 is 2.33 bits per heavy atom. The largest absolute Gasteiger partial charge is 0.392 e. The van der Waals surface area contributed by atoms with Crippen molar-refractivity contribution in [3.05, 3.63) is 29.8 Å². The van der Waals surface area contributed by atoms with Gasteiger partial charge in [0.1, 0.15) is 0 Å². The van der Waals surface area contributed by atoms with Crippen molar-refractivity contribution in [2.24, 2.45) is 0 Å². The van der Waals surface area contributed by atoms with Crippen molar-refractivity contribution in [3.63, 3.8) is 0 Å². The van der Waals surface area contributed by atoms with E-state index in [4.69, 9.17) is 5.11 Å². The van der Waals surface area contributed by atoms with Crippen LogP contribution in [-0.2, 0) is 11.4 Å². The summed E-state index contributed by atoms with van der Waals surface area (Å²) in [4.78, 5) is 11.5. The molecule has 0 aliphatic heterocycles. The van der Waals surface area contributed by atoms with E-state index >= 15 is 0 Å². The van der Waals surface area contributed by atoms with E-state index in [-0.39, 0.29) is 17.8 Å². The van der Waals surface area contributed by atoms with Crippen molar-refractivity contribution in [1.82, 2.24) is 0 Å². The second-order valence-electron chi connectivity index (χ2n) is 3.23. The van der Waals surface area contributed by atoms with Gasteiger partial charge in [0.15, 0.2) is 0 Å². The number of rotatable bonds is 4. The van der Waals surface area contributed by atoms with E-state index in [0.29, 0.717) is 0 Å². The minimum atomic E-state index is -0.0669. The molecular weight excluding hydrogens is 210 g/mol. The molecule has 82 valence electrons. The number of benzene rings is 1. The number of carbonyl (C=O) groups excluding carboxylic acids is 1. The van der Waals surface area contributed by atoms with E-state index in [1.165, 1.54) is 11.8 Å². The lowest BCUT2D eigenvalue weighted by Gasteiger charge is -2.10. The Kier molecular flexibility index (Phi) is 4.65. The number of hydrogen-bond donors (Lipinski definition) is 2. The van der Waals surface area contributed by atoms with Crippen molar-refractivity contribution in [3.8, 4) is 0 Å². The fourth-order valence-corrected chi connectivity index (χ4v) is 1.37. The predicted molar refractivity (Wildman–Crippen MR) is 64.0 cm³/mol. The summed E-state index contributed by atoms with van der Waals surface area (Å²) >= 11 is 1.50. The molecule has 1 amide bonds. The smallest absolute Gasteiger partial charge is 0.237 e. The van der Waals surface area contributed by atoms with Gasteiger partial charge in [-0.1, -0.05) is 12.1 Å². The van der Waals surface area contributed by atoms with Crippen LogP contribution in [0.4, 0.5) is 5.69 Å². The summed E-state index contributed by atoms with van der Waals surface area (Å²) in [5.41, 5.74) is 1.53. The van der Waals surface area contributed by atoms with Gasteiger partial charge in [0.2, 0.25) is 5.91 Å². The van der Waals surface area contributed by atoms with Crippen LogP contribution in [-0.4, -0.2) is 22.5 Å². The average Bonchev–Trinajstić information content (AvgIpc) is 2.28. The maximum atomic E-state index is 11.5. The Balaban J connectivity index is 2.68. The van der Waals surface area contributed by atoms with Gasteiger partial charge in [0, 0.05) is 5.69 Å². The van der Waals surface area contributed by atoms with Crippen molar-refractivity contribution < 1.29 is 9.90 Å². The Bertz CT molecular complexity index is 341. The number of amides is 1. The minimum Gasteiger partial charge on any atom is -0.392 e. The third kappa shape index (κ3) is 3.57. The second kappa shape index (κ2) is 5.78. The number of thioether (sulfide) groups is 1. The Labute approximate surface area is 93.9 Å². The molecule has 15 heavy (non-hydrogen) atoms. The van der Waals surface area contributed by atoms with Gasteiger partial charge in [0.25, 0.3) is 0 Å². The highest BCUT2D eigenvalue weighted by atomic mass is 32.2. The van der Waals surface area contributed by atoms with E-state index in [1.54, 1.807) is 6.07 Å². The minimum absolute atomic E-state index is 0.0121.